The Morgan fingerprint density at radius 2 is 1.92 bits per heavy atom. The maximum atomic E-state index is 11.6. The molecule has 1 aliphatic carbocycles. The minimum Gasteiger partial charge on any atom is -0.486 e. The van der Waals surface area contributed by atoms with E-state index in [2.05, 4.69) is 5.32 Å². The highest BCUT2D eigenvalue weighted by molar-refractivity contribution is 5.90. The summed E-state index contributed by atoms with van der Waals surface area (Å²) in [6, 6.07) is 10.1. The Balaban J connectivity index is 1.54. The van der Waals surface area contributed by atoms with Crippen LogP contribution < -0.4 is 10.1 Å². The van der Waals surface area contributed by atoms with Gasteiger partial charge < -0.3 is 19.2 Å². The SMILES string of the molecule is COC(=O)c1ccoc1COc1ccc(NC2CCCCC2)cc1. The van der Waals surface area contributed by atoms with E-state index in [1.807, 2.05) is 24.3 Å². The van der Waals surface area contributed by atoms with Gasteiger partial charge in [-0.25, -0.2) is 4.79 Å². The molecule has 1 fully saturated rings. The summed E-state index contributed by atoms with van der Waals surface area (Å²) in [5, 5.41) is 3.57. The van der Waals surface area contributed by atoms with Gasteiger partial charge in [-0.15, -0.1) is 0 Å². The molecular weight excluding hydrogens is 306 g/mol. The number of ether oxygens (including phenoxy) is 2. The predicted molar refractivity (Wildman–Crippen MR) is 91.3 cm³/mol. The molecule has 1 aromatic heterocycles. The monoisotopic (exact) mass is 329 g/mol. The molecule has 24 heavy (non-hydrogen) atoms. The number of rotatable bonds is 6. The molecule has 0 bridgehead atoms. The van der Waals surface area contributed by atoms with Crippen molar-refractivity contribution in [2.24, 2.45) is 0 Å². The molecule has 0 unspecified atom stereocenters. The van der Waals surface area contributed by atoms with Crippen molar-refractivity contribution in [3.8, 4) is 5.75 Å². The Kier molecular flexibility index (Phi) is 5.41. The summed E-state index contributed by atoms with van der Waals surface area (Å²) in [6.07, 6.45) is 7.92. The van der Waals surface area contributed by atoms with E-state index in [1.165, 1.54) is 45.5 Å². The van der Waals surface area contributed by atoms with Crippen LogP contribution in [0.15, 0.2) is 41.0 Å². The second-order valence-electron chi connectivity index (χ2n) is 6.04. The highest BCUT2D eigenvalue weighted by Crippen LogP contribution is 2.23. The van der Waals surface area contributed by atoms with E-state index >= 15 is 0 Å². The second kappa shape index (κ2) is 7.90. The molecule has 0 saturated heterocycles. The molecule has 128 valence electrons. The topological polar surface area (TPSA) is 60.7 Å². The van der Waals surface area contributed by atoms with Crippen molar-refractivity contribution in [3.63, 3.8) is 0 Å². The van der Waals surface area contributed by atoms with Crippen LogP contribution in [-0.4, -0.2) is 19.1 Å². The zero-order valence-electron chi connectivity index (χ0n) is 13.9. The van der Waals surface area contributed by atoms with Gasteiger partial charge in [0.25, 0.3) is 0 Å². The smallest absolute Gasteiger partial charge is 0.341 e. The Labute approximate surface area is 141 Å². The summed E-state index contributed by atoms with van der Waals surface area (Å²) in [5.74, 6) is 0.775. The molecule has 1 aliphatic rings. The third-order valence-electron chi connectivity index (χ3n) is 4.35. The average molecular weight is 329 g/mol. The fraction of sp³-hybridized carbons (Fsp3) is 0.421. The first-order valence-corrected chi connectivity index (χ1v) is 8.40. The molecule has 5 nitrogen and oxygen atoms in total. The number of hydrogen-bond donors (Lipinski definition) is 1. The molecule has 1 heterocycles. The minimum absolute atomic E-state index is 0.187. The number of carbonyl (C=O) groups is 1. The zero-order chi connectivity index (χ0) is 16.8. The van der Waals surface area contributed by atoms with E-state index in [1.54, 1.807) is 6.07 Å². The molecule has 1 saturated carbocycles. The maximum absolute atomic E-state index is 11.6. The van der Waals surface area contributed by atoms with Gasteiger partial charge in [0.05, 0.1) is 13.4 Å². The first-order chi connectivity index (χ1) is 11.8. The van der Waals surface area contributed by atoms with Crippen molar-refractivity contribution >= 4 is 11.7 Å². The molecule has 0 spiro atoms. The number of methoxy groups -OCH3 is 1. The van der Waals surface area contributed by atoms with Crippen molar-refractivity contribution in [2.45, 2.75) is 44.8 Å². The van der Waals surface area contributed by atoms with Crippen molar-refractivity contribution in [1.29, 1.82) is 0 Å². The number of hydrogen-bond acceptors (Lipinski definition) is 5. The predicted octanol–water partition coefficient (Wildman–Crippen LogP) is 4.39. The van der Waals surface area contributed by atoms with Gasteiger partial charge in [-0.1, -0.05) is 19.3 Å². The number of esters is 1. The van der Waals surface area contributed by atoms with Gasteiger partial charge in [0.15, 0.2) is 5.76 Å². The van der Waals surface area contributed by atoms with E-state index in [0.717, 1.165) is 11.4 Å². The number of anilines is 1. The standard InChI is InChI=1S/C19H23NO4/c1-22-19(21)17-11-12-23-18(17)13-24-16-9-7-15(8-10-16)20-14-5-3-2-4-6-14/h7-12,14,20H,2-6,13H2,1H3. The maximum Gasteiger partial charge on any atom is 0.341 e. The molecule has 1 aromatic carbocycles. The van der Waals surface area contributed by atoms with Crippen molar-refractivity contribution < 1.29 is 18.7 Å². The van der Waals surface area contributed by atoms with Crippen LogP contribution >= 0.6 is 0 Å². The fourth-order valence-electron chi connectivity index (χ4n) is 3.02. The lowest BCUT2D eigenvalue weighted by atomic mass is 9.95. The van der Waals surface area contributed by atoms with Crippen LogP contribution in [0.25, 0.3) is 0 Å². The quantitative estimate of drug-likeness (QED) is 0.796. The van der Waals surface area contributed by atoms with Crippen molar-refractivity contribution in [1.82, 2.24) is 0 Å². The summed E-state index contributed by atoms with van der Waals surface area (Å²) in [6.45, 7) is 0.187. The highest BCUT2D eigenvalue weighted by atomic mass is 16.5. The van der Waals surface area contributed by atoms with Crippen LogP contribution in [0.1, 0.15) is 48.2 Å². The summed E-state index contributed by atoms with van der Waals surface area (Å²) in [5.41, 5.74) is 1.51. The Hall–Kier alpha value is -2.43. The minimum atomic E-state index is -0.422. The molecule has 1 N–H and O–H groups in total. The average Bonchev–Trinajstić information content (AvgIpc) is 3.10. The van der Waals surface area contributed by atoms with Crippen LogP contribution in [0.2, 0.25) is 0 Å². The van der Waals surface area contributed by atoms with Crippen LogP contribution in [-0.2, 0) is 11.3 Å². The molecule has 0 radical (unpaired) electrons. The van der Waals surface area contributed by atoms with Gasteiger partial charge in [-0.3, -0.25) is 0 Å². The summed E-state index contributed by atoms with van der Waals surface area (Å²) < 4.78 is 15.7. The third kappa shape index (κ3) is 4.10. The van der Waals surface area contributed by atoms with Gasteiger partial charge in [0.1, 0.15) is 17.9 Å². The van der Waals surface area contributed by atoms with Gasteiger partial charge in [0, 0.05) is 11.7 Å². The number of nitrogens with one attached hydrogen (secondary N) is 1. The molecule has 3 rings (SSSR count). The number of benzene rings is 1. The Morgan fingerprint density at radius 3 is 2.62 bits per heavy atom. The number of furan rings is 1. The van der Waals surface area contributed by atoms with Gasteiger partial charge in [-0.05, 0) is 43.2 Å². The lowest BCUT2D eigenvalue weighted by Crippen LogP contribution is -2.22. The summed E-state index contributed by atoms with van der Waals surface area (Å²) in [7, 11) is 1.35. The first kappa shape index (κ1) is 16.4. The first-order valence-electron chi connectivity index (χ1n) is 8.40. The third-order valence-corrected chi connectivity index (χ3v) is 4.35. The number of carbonyl (C=O) groups excluding carboxylic acids is 1. The highest BCUT2D eigenvalue weighted by Gasteiger charge is 2.16. The van der Waals surface area contributed by atoms with E-state index in [4.69, 9.17) is 13.9 Å². The Morgan fingerprint density at radius 1 is 1.17 bits per heavy atom. The molecule has 0 atom stereocenters. The van der Waals surface area contributed by atoms with Crippen LogP contribution in [0.3, 0.4) is 0 Å². The zero-order valence-corrected chi connectivity index (χ0v) is 13.9. The fourth-order valence-corrected chi connectivity index (χ4v) is 3.02. The van der Waals surface area contributed by atoms with Gasteiger partial charge in [0.2, 0.25) is 0 Å². The lowest BCUT2D eigenvalue weighted by Gasteiger charge is -2.23. The van der Waals surface area contributed by atoms with Gasteiger partial charge in [-0.2, -0.15) is 0 Å². The van der Waals surface area contributed by atoms with E-state index in [-0.39, 0.29) is 6.61 Å². The van der Waals surface area contributed by atoms with Gasteiger partial charge >= 0.3 is 5.97 Å². The molecule has 5 heteroatoms. The van der Waals surface area contributed by atoms with Crippen molar-refractivity contribution in [2.75, 3.05) is 12.4 Å². The van der Waals surface area contributed by atoms with Crippen LogP contribution in [0, 0.1) is 0 Å². The van der Waals surface area contributed by atoms with Crippen molar-refractivity contribution in [3.05, 3.63) is 47.9 Å². The van der Waals surface area contributed by atoms with Crippen LogP contribution in [0.4, 0.5) is 5.69 Å². The van der Waals surface area contributed by atoms with Crippen LogP contribution in [0.5, 0.6) is 5.75 Å². The van der Waals surface area contributed by atoms with E-state index in [0.29, 0.717) is 17.4 Å². The normalized spacial score (nSPS) is 15.0. The largest absolute Gasteiger partial charge is 0.486 e. The molecule has 2 aromatic rings. The summed E-state index contributed by atoms with van der Waals surface area (Å²) >= 11 is 0. The second-order valence-corrected chi connectivity index (χ2v) is 6.04. The lowest BCUT2D eigenvalue weighted by molar-refractivity contribution is 0.0595. The van der Waals surface area contributed by atoms with E-state index < -0.39 is 5.97 Å². The summed E-state index contributed by atoms with van der Waals surface area (Å²) in [4.78, 5) is 11.6. The molecule has 0 aliphatic heterocycles. The molecule has 0 amide bonds. The Bertz CT molecular complexity index is 656. The van der Waals surface area contributed by atoms with E-state index in [9.17, 15) is 4.79 Å². The molecular formula is C19H23NO4.